The van der Waals surface area contributed by atoms with Crippen LogP contribution in [0.3, 0.4) is 0 Å². The van der Waals surface area contributed by atoms with Crippen LogP contribution in [0.5, 0.6) is 0 Å². The first-order chi connectivity index (χ1) is 18.7. The van der Waals surface area contributed by atoms with Gasteiger partial charge in [-0.25, -0.2) is 4.98 Å². The molecule has 9 nitrogen and oxygen atoms in total. The quantitative estimate of drug-likeness (QED) is 0.341. The van der Waals surface area contributed by atoms with E-state index in [0.29, 0.717) is 24.0 Å². The first kappa shape index (κ1) is 24.6. The molecule has 0 amide bonds. The van der Waals surface area contributed by atoms with Gasteiger partial charge in [0.25, 0.3) is 5.89 Å². The van der Waals surface area contributed by atoms with E-state index >= 15 is 0 Å². The highest BCUT2D eigenvalue weighted by Crippen LogP contribution is 2.26. The minimum Gasteiger partial charge on any atom is -0.372 e. The lowest BCUT2D eigenvalue weighted by Gasteiger charge is -2.28. The summed E-state index contributed by atoms with van der Waals surface area (Å²) in [6.07, 6.45) is 8.41. The van der Waals surface area contributed by atoms with E-state index in [2.05, 4.69) is 60.6 Å². The van der Waals surface area contributed by atoms with Crippen molar-refractivity contribution in [1.82, 2.24) is 29.8 Å². The topological polar surface area (TPSA) is 88.1 Å². The van der Waals surface area contributed by atoms with Gasteiger partial charge in [-0.15, -0.1) is 0 Å². The molecule has 0 spiro atoms. The normalized spacial score (nSPS) is 16.3. The Labute approximate surface area is 223 Å². The van der Waals surface area contributed by atoms with Crippen LogP contribution in [0.2, 0.25) is 0 Å². The van der Waals surface area contributed by atoms with Gasteiger partial charge >= 0.3 is 0 Å². The highest BCUT2D eigenvalue weighted by Gasteiger charge is 2.17. The molecule has 0 aliphatic carbocycles. The molecule has 5 heterocycles. The summed E-state index contributed by atoms with van der Waals surface area (Å²) in [4.78, 5) is 14.2. The average Bonchev–Trinajstić information content (AvgIpc) is 3.73. The molecule has 0 unspecified atom stereocenters. The molecule has 6 rings (SSSR count). The Hall–Kier alpha value is -3.72. The molecule has 0 bridgehead atoms. The maximum Gasteiger partial charge on any atom is 0.278 e. The number of aromatic nitrogens is 5. The molecular weight excluding hydrogens is 476 g/mol. The Morgan fingerprint density at radius 2 is 1.71 bits per heavy atom. The molecule has 2 fully saturated rings. The minimum absolute atomic E-state index is 0.428. The summed E-state index contributed by atoms with van der Waals surface area (Å²) >= 11 is 0. The van der Waals surface area contributed by atoms with Crippen molar-refractivity contribution < 1.29 is 4.52 Å². The Morgan fingerprint density at radius 1 is 0.921 bits per heavy atom. The number of anilines is 2. The van der Waals surface area contributed by atoms with Crippen molar-refractivity contribution in [2.24, 2.45) is 0 Å². The van der Waals surface area contributed by atoms with Crippen molar-refractivity contribution >= 4 is 11.5 Å². The summed E-state index contributed by atoms with van der Waals surface area (Å²) < 4.78 is 7.54. The van der Waals surface area contributed by atoms with Gasteiger partial charge in [0.1, 0.15) is 5.82 Å². The summed E-state index contributed by atoms with van der Waals surface area (Å²) in [5.74, 6) is 1.92. The number of pyridine rings is 1. The number of benzene rings is 1. The van der Waals surface area contributed by atoms with E-state index in [0.717, 1.165) is 48.8 Å². The molecule has 0 atom stereocenters. The summed E-state index contributed by atoms with van der Waals surface area (Å²) in [5.41, 5.74) is 5.00. The van der Waals surface area contributed by atoms with Crippen LogP contribution >= 0.6 is 0 Å². The third-order valence-electron chi connectivity index (χ3n) is 7.56. The Bertz CT molecular complexity index is 1320. The van der Waals surface area contributed by atoms with Crippen LogP contribution in [0, 0.1) is 6.92 Å². The molecule has 2 aliphatic rings. The fourth-order valence-corrected chi connectivity index (χ4v) is 5.34. The number of hydrogen-bond donors (Lipinski definition) is 1. The van der Waals surface area contributed by atoms with Crippen molar-refractivity contribution in [2.45, 2.75) is 45.6 Å². The van der Waals surface area contributed by atoms with E-state index in [-0.39, 0.29) is 0 Å². The van der Waals surface area contributed by atoms with Crippen LogP contribution in [0.15, 0.2) is 53.2 Å². The summed E-state index contributed by atoms with van der Waals surface area (Å²) in [7, 11) is 0. The smallest absolute Gasteiger partial charge is 0.278 e. The van der Waals surface area contributed by atoms with Crippen molar-refractivity contribution in [3.63, 3.8) is 0 Å². The first-order valence-corrected chi connectivity index (χ1v) is 13.9. The monoisotopic (exact) mass is 512 g/mol. The van der Waals surface area contributed by atoms with Gasteiger partial charge in [-0.05, 0) is 94.1 Å². The van der Waals surface area contributed by atoms with Gasteiger partial charge in [-0.2, -0.15) is 10.1 Å². The molecule has 38 heavy (non-hydrogen) atoms. The Morgan fingerprint density at radius 3 is 2.47 bits per heavy atom. The third-order valence-corrected chi connectivity index (χ3v) is 7.56. The van der Waals surface area contributed by atoms with Crippen LogP contribution < -0.4 is 10.2 Å². The van der Waals surface area contributed by atoms with Crippen molar-refractivity contribution in [3.8, 4) is 23.0 Å². The van der Waals surface area contributed by atoms with Crippen LogP contribution in [-0.2, 0) is 6.54 Å². The minimum atomic E-state index is 0.428. The fraction of sp³-hybridized carbons (Fsp3) is 0.448. The second kappa shape index (κ2) is 11.3. The van der Waals surface area contributed by atoms with Gasteiger partial charge in [0.05, 0.1) is 6.54 Å². The van der Waals surface area contributed by atoms with E-state index in [9.17, 15) is 0 Å². The number of aryl methyl sites for hydroxylation is 1. The van der Waals surface area contributed by atoms with Gasteiger partial charge in [-0.3, -0.25) is 4.68 Å². The molecule has 2 saturated heterocycles. The summed E-state index contributed by atoms with van der Waals surface area (Å²) in [6, 6.07) is 14.6. The van der Waals surface area contributed by atoms with E-state index in [1.807, 2.05) is 29.9 Å². The van der Waals surface area contributed by atoms with Crippen LogP contribution in [0.25, 0.3) is 23.0 Å². The van der Waals surface area contributed by atoms with Crippen molar-refractivity contribution in [2.75, 3.05) is 49.5 Å². The first-order valence-electron chi connectivity index (χ1n) is 13.9. The highest BCUT2D eigenvalue weighted by molar-refractivity contribution is 5.62. The predicted molar refractivity (Wildman–Crippen MR) is 149 cm³/mol. The van der Waals surface area contributed by atoms with E-state index in [1.165, 1.54) is 50.9 Å². The largest absolute Gasteiger partial charge is 0.372 e. The molecule has 2 aliphatic heterocycles. The maximum atomic E-state index is 5.59. The number of piperidine rings is 1. The van der Waals surface area contributed by atoms with Crippen LogP contribution in [0.1, 0.15) is 43.4 Å². The van der Waals surface area contributed by atoms with Crippen LogP contribution in [0.4, 0.5) is 11.5 Å². The summed E-state index contributed by atoms with van der Waals surface area (Å²) in [5, 5.41) is 12.4. The van der Waals surface area contributed by atoms with Gasteiger partial charge in [0.2, 0.25) is 5.82 Å². The third kappa shape index (κ3) is 5.72. The highest BCUT2D eigenvalue weighted by atomic mass is 16.5. The van der Waals surface area contributed by atoms with E-state index < -0.39 is 0 Å². The van der Waals surface area contributed by atoms with Crippen molar-refractivity contribution in [1.29, 1.82) is 0 Å². The van der Waals surface area contributed by atoms with Crippen molar-refractivity contribution in [3.05, 3.63) is 59.9 Å². The molecular formula is C29H36N8O. The summed E-state index contributed by atoms with van der Waals surface area (Å²) in [6.45, 7) is 9.35. The second-order valence-electron chi connectivity index (χ2n) is 10.4. The number of likely N-dealkylation sites (tertiary alicyclic amines) is 1. The Kier molecular flexibility index (Phi) is 7.35. The molecule has 0 radical (unpaired) electrons. The maximum absolute atomic E-state index is 5.59. The number of hydrogen-bond acceptors (Lipinski definition) is 8. The zero-order valence-electron chi connectivity index (χ0n) is 22.1. The van der Waals surface area contributed by atoms with Gasteiger partial charge < -0.3 is 19.6 Å². The lowest BCUT2D eigenvalue weighted by atomic mass is 10.1. The lowest BCUT2D eigenvalue weighted by molar-refractivity contribution is 0.352. The zero-order valence-corrected chi connectivity index (χ0v) is 22.1. The Balaban J connectivity index is 1.07. The molecule has 1 N–H and O–H groups in total. The zero-order chi connectivity index (χ0) is 25.7. The molecule has 4 aromatic rings. The molecule has 3 aromatic heterocycles. The van der Waals surface area contributed by atoms with E-state index in [4.69, 9.17) is 9.62 Å². The number of nitrogens with one attached hydrogen (secondary N) is 1. The number of nitrogens with zero attached hydrogens (tertiary/aromatic N) is 7. The SMILES string of the molecule is Cc1cc(-c2nc(-c3ccc(N4CCCCC4)cc3)no2)nn1Cc1ccc(NCCN2CCCC2)nc1. The second-order valence-corrected chi connectivity index (χ2v) is 10.4. The van der Waals surface area contributed by atoms with E-state index in [1.54, 1.807) is 0 Å². The molecule has 9 heteroatoms. The number of rotatable bonds is 9. The van der Waals surface area contributed by atoms with Gasteiger partial charge in [-0.1, -0.05) is 11.2 Å². The van der Waals surface area contributed by atoms with Gasteiger partial charge in [0.15, 0.2) is 5.69 Å². The van der Waals surface area contributed by atoms with Crippen LogP contribution in [-0.4, -0.2) is 69.1 Å². The standard InChI is InChI=1S/C29H36N8O/c1-22-19-26(29-32-28(34-38-29)24-8-10-25(11-9-24)36-16-3-2-4-17-36)33-37(22)21-23-7-12-27(31-20-23)30-13-18-35-14-5-6-15-35/h7-12,19-20H,2-6,13-18,21H2,1H3,(H,30,31). The fourth-order valence-electron chi connectivity index (χ4n) is 5.34. The lowest BCUT2D eigenvalue weighted by Crippen LogP contribution is -2.29. The molecule has 198 valence electrons. The average molecular weight is 513 g/mol. The predicted octanol–water partition coefficient (Wildman–Crippen LogP) is 4.85. The molecule has 1 aromatic carbocycles. The van der Waals surface area contributed by atoms with Gasteiger partial charge in [0, 0.05) is 49.3 Å². The molecule has 0 saturated carbocycles.